The van der Waals surface area contributed by atoms with Gasteiger partial charge in [0.2, 0.25) is 0 Å². The molecular formula is C18H25ClN4O. The molecule has 0 bridgehead atoms. The SMILES string of the molecule is C=CCOc1ccc(CN2CCNCC2c2nccn2C)cc1.Cl. The summed E-state index contributed by atoms with van der Waals surface area (Å²) in [5.74, 6) is 2.00. The van der Waals surface area contributed by atoms with Crippen molar-refractivity contribution in [3.63, 3.8) is 0 Å². The number of imidazole rings is 1. The van der Waals surface area contributed by atoms with E-state index >= 15 is 0 Å². The molecule has 2 heterocycles. The van der Waals surface area contributed by atoms with E-state index in [1.165, 1.54) is 5.56 Å². The van der Waals surface area contributed by atoms with Crippen molar-refractivity contribution < 1.29 is 4.74 Å². The Labute approximate surface area is 149 Å². The lowest BCUT2D eigenvalue weighted by Gasteiger charge is -2.35. The molecule has 0 amide bonds. The molecule has 1 atom stereocenters. The van der Waals surface area contributed by atoms with E-state index in [0.29, 0.717) is 12.6 Å². The first-order chi connectivity index (χ1) is 11.3. The van der Waals surface area contributed by atoms with Crippen LogP contribution in [0, 0.1) is 0 Å². The summed E-state index contributed by atoms with van der Waals surface area (Å²) in [4.78, 5) is 7.02. The molecule has 1 aliphatic heterocycles. The van der Waals surface area contributed by atoms with E-state index in [1.807, 2.05) is 24.5 Å². The molecule has 0 radical (unpaired) electrons. The van der Waals surface area contributed by atoms with E-state index in [4.69, 9.17) is 4.74 Å². The predicted octanol–water partition coefficient (Wildman–Crippen LogP) is 2.55. The van der Waals surface area contributed by atoms with Crippen LogP contribution < -0.4 is 10.1 Å². The van der Waals surface area contributed by atoms with Crippen LogP contribution in [0.15, 0.2) is 49.3 Å². The van der Waals surface area contributed by atoms with Crippen molar-refractivity contribution in [3.05, 3.63) is 60.7 Å². The standard InChI is InChI=1S/C18H24N4O.ClH/c1-3-12-23-16-6-4-15(5-7-16)14-22-11-8-19-13-17(22)18-20-9-10-21(18)2;/h3-7,9-10,17,19H,1,8,11-14H2,2H3;1H. The second-order valence-corrected chi connectivity index (χ2v) is 5.83. The lowest BCUT2D eigenvalue weighted by molar-refractivity contribution is 0.144. The molecule has 130 valence electrons. The highest BCUT2D eigenvalue weighted by Crippen LogP contribution is 2.23. The number of nitrogens with zero attached hydrogens (tertiary/aromatic N) is 3. The minimum Gasteiger partial charge on any atom is -0.490 e. The second kappa shape index (κ2) is 8.87. The third kappa shape index (κ3) is 4.38. The zero-order valence-corrected chi connectivity index (χ0v) is 14.8. The maximum Gasteiger partial charge on any atom is 0.127 e. The molecule has 1 N–H and O–H groups in total. The van der Waals surface area contributed by atoms with Gasteiger partial charge in [0.15, 0.2) is 0 Å². The Bertz CT molecular complexity index is 641. The van der Waals surface area contributed by atoms with Crippen molar-refractivity contribution in [2.45, 2.75) is 12.6 Å². The molecule has 6 heteroatoms. The summed E-state index contributed by atoms with van der Waals surface area (Å²) in [6.45, 7) is 8.09. The number of halogens is 1. The number of aromatic nitrogens is 2. The summed E-state index contributed by atoms with van der Waals surface area (Å²) < 4.78 is 7.65. The van der Waals surface area contributed by atoms with Crippen molar-refractivity contribution >= 4 is 12.4 Å². The molecule has 1 fully saturated rings. The van der Waals surface area contributed by atoms with Gasteiger partial charge in [-0.25, -0.2) is 4.98 Å². The van der Waals surface area contributed by atoms with Gasteiger partial charge in [0.1, 0.15) is 18.2 Å². The summed E-state index contributed by atoms with van der Waals surface area (Å²) in [7, 11) is 2.06. The summed E-state index contributed by atoms with van der Waals surface area (Å²) in [5, 5.41) is 3.47. The van der Waals surface area contributed by atoms with Gasteiger partial charge in [-0.1, -0.05) is 24.8 Å². The fraction of sp³-hybridized carbons (Fsp3) is 0.389. The van der Waals surface area contributed by atoms with Crippen LogP contribution in [0.3, 0.4) is 0 Å². The van der Waals surface area contributed by atoms with Crippen LogP contribution in [0.1, 0.15) is 17.4 Å². The largest absolute Gasteiger partial charge is 0.490 e. The van der Waals surface area contributed by atoms with Gasteiger partial charge in [-0.2, -0.15) is 0 Å². The number of hydrogen-bond acceptors (Lipinski definition) is 4. The first-order valence-electron chi connectivity index (χ1n) is 8.02. The zero-order valence-electron chi connectivity index (χ0n) is 14.0. The summed E-state index contributed by atoms with van der Waals surface area (Å²) in [5.41, 5.74) is 1.29. The van der Waals surface area contributed by atoms with E-state index < -0.39 is 0 Å². The summed E-state index contributed by atoms with van der Waals surface area (Å²) in [6.07, 6.45) is 5.63. The van der Waals surface area contributed by atoms with Gasteiger partial charge in [-0.15, -0.1) is 12.4 Å². The number of hydrogen-bond donors (Lipinski definition) is 1. The Morgan fingerprint density at radius 2 is 2.17 bits per heavy atom. The number of ether oxygens (including phenoxy) is 1. The van der Waals surface area contributed by atoms with Crippen LogP contribution >= 0.6 is 12.4 Å². The average molecular weight is 349 g/mol. The van der Waals surface area contributed by atoms with Crippen molar-refractivity contribution in [3.8, 4) is 5.75 Å². The normalized spacial score (nSPS) is 18.0. The Balaban J connectivity index is 0.00000208. The van der Waals surface area contributed by atoms with E-state index in [-0.39, 0.29) is 12.4 Å². The fourth-order valence-corrected chi connectivity index (χ4v) is 2.97. The monoisotopic (exact) mass is 348 g/mol. The molecule has 0 aliphatic carbocycles. The molecule has 5 nitrogen and oxygen atoms in total. The number of nitrogens with one attached hydrogen (secondary N) is 1. The Kier molecular flexibility index (Phi) is 6.85. The summed E-state index contributed by atoms with van der Waals surface area (Å²) in [6, 6.07) is 8.62. The highest BCUT2D eigenvalue weighted by atomic mass is 35.5. The third-order valence-electron chi connectivity index (χ3n) is 4.19. The molecule has 1 aromatic carbocycles. The molecule has 2 aromatic rings. The first-order valence-corrected chi connectivity index (χ1v) is 8.02. The number of aryl methyl sites for hydroxylation is 1. The predicted molar refractivity (Wildman–Crippen MR) is 98.6 cm³/mol. The maximum atomic E-state index is 5.54. The number of rotatable bonds is 6. The molecule has 1 saturated heterocycles. The van der Waals surface area contributed by atoms with E-state index in [0.717, 1.165) is 37.8 Å². The van der Waals surface area contributed by atoms with Gasteiger partial charge >= 0.3 is 0 Å². The minimum atomic E-state index is 0. The van der Waals surface area contributed by atoms with E-state index in [1.54, 1.807) is 6.08 Å². The first kappa shape index (κ1) is 18.5. The highest BCUT2D eigenvalue weighted by Gasteiger charge is 2.26. The van der Waals surface area contributed by atoms with Gasteiger partial charge in [0.25, 0.3) is 0 Å². The topological polar surface area (TPSA) is 42.3 Å². The molecule has 0 spiro atoms. The highest BCUT2D eigenvalue weighted by molar-refractivity contribution is 5.85. The lowest BCUT2D eigenvalue weighted by atomic mass is 10.1. The van der Waals surface area contributed by atoms with Crippen molar-refractivity contribution in [1.82, 2.24) is 19.8 Å². The number of piperazine rings is 1. The molecule has 1 aliphatic rings. The fourth-order valence-electron chi connectivity index (χ4n) is 2.97. The Morgan fingerprint density at radius 3 is 2.83 bits per heavy atom. The molecule has 1 unspecified atom stereocenters. The number of benzene rings is 1. The molecule has 24 heavy (non-hydrogen) atoms. The van der Waals surface area contributed by atoms with Crippen LogP contribution in [-0.2, 0) is 13.6 Å². The quantitative estimate of drug-likeness (QED) is 0.815. The van der Waals surface area contributed by atoms with Crippen molar-refractivity contribution in [2.75, 3.05) is 26.2 Å². The van der Waals surface area contributed by atoms with Gasteiger partial charge < -0.3 is 14.6 Å². The van der Waals surface area contributed by atoms with Gasteiger partial charge in [0, 0.05) is 45.6 Å². The van der Waals surface area contributed by atoms with Crippen LogP contribution in [0.4, 0.5) is 0 Å². The van der Waals surface area contributed by atoms with Crippen LogP contribution in [0.5, 0.6) is 5.75 Å². The van der Waals surface area contributed by atoms with Gasteiger partial charge in [-0.05, 0) is 17.7 Å². The van der Waals surface area contributed by atoms with E-state index in [2.05, 4.69) is 45.5 Å². The Morgan fingerprint density at radius 1 is 1.38 bits per heavy atom. The maximum absolute atomic E-state index is 5.54. The molecule has 3 rings (SSSR count). The smallest absolute Gasteiger partial charge is 0.127 e. The van der Waals surface area contributed by atoms with Crippen LogP contribution in [0.2, 0.25) is 0 Å². The average Bonchev–Trinajstić information content (AvgIpc) is 3.01. The van der Waals surface area contributed by atoms with Crippen LogP contribution in [-0.4, -0.2) is 40.7 Å². The van der Waals surface area contributed by atoms with Crippen LogP contribution in [0.25, 0.3) is 0 Å². The van der Waals surface area contributed by atoms with Gasteiger partial charge in [-0.3, -0.25) is 4.90 Å². The zero-order chi connectivity index (χ0) is 16.1. The molecule has 0 saturated carbocycles. The Hall–Kier alpha value is -1.82. The molecule has 1 aromatic heterocycles. The third-order valence-corrected chi connectivity index (χ3v) is 4.19. The summed E-state index contributed by atoms with van der Waals surface area (Å²) >= 11 is 0. The van der Waals surface area contributed by atoms with Crippen molar-refractivity contribution in [2.24, 2.45) is 7.05 Å². The molecular weight excluding hydrogens is 324 g/mol. The minimum absolute atomic E-state index is 0. The van der Waals surface area contributed by atoms with Crippen molar-refractivity contribution in [1.29, 1.82) is 0 Å². The van der Waals surface area contributed by atoms with E-state index in [9.17, 15) is 0 Å². The van der Waals surface area contributed by atoms with Gasteiger partial charge in [0.05, 0.1) is 6.04 Å². The lowest BCUT2D eigenvalue weighted by Crippen LogP contribution is -2.46. The second-order valence-electron chi connectivity index (χ2n) is 5.83.